The molecule has 0 radical (unpaired) electrons. The highest BCUT2D eigenvalue weighted by atomic mass is 32.1. The number of aromatic hydroxyl groups is 1. The zero-order valence-electron chi connectivity index (χ0n) is 26.5. The first kappa shape index (κ1) is 30.1. The molecule has 6 aromatic rings. The fourth-order valence-electron chi connectivity index (χ4n) is 7.28. The summed E-state index contributed by atoms with van der Waals surface area (Å²) in [5.74, 6) is 0.553. The number of phenols is 1. The highest BCUT2D eigenvalue weighted by Gasteiger charge is 2.29. The van der Waals surface area contributed by atoms with Gasteiger partial charge in [0, 0.05) is 23.1 Å². The summed E-state index contributed by atoms with van der Waals surface area (Å²) in [6.45, 7) is 5.21. The number of fused-ring (bicyclic) bond motifs is 2. The van der Waals surface area contributed by atoms with E-state index < -0.39 is 5.97 Å². The molecular weight excluding hydrogens is 593 g/mol. The van der Waals surface area contributed by atoms with Crippen LogP contribution in [0.25, 0.3) is 54.8 Å². The van der Waals surface area contributed by atoms with Crippen molar-refractivity contribution in [2.75, 3.05) is 7.11 Å². The Labute approximate surface area is 272 Å². The Balaban J connectivity index is 1.40. The largest absolute Gasteiger partial charge is 0.508 e. The van der Waals surface area contributed by atoms with Gasteiger partial charge in [0.2, 0.25) is 0 Å². The quantitative estimate of drug-likeness (QED) is 0.175. The Morgan fingerprint density at radius 2 is 1.72 bits per heavy atom. The molecule has 1 aliphatic carbocycles. The fraction of sp³-hybridized carbons (Fsp3) is 0.282. The maximum atomic E-state index is 12.0. The van der Waals surface area contributed by atoms with Gasteiger partial charge in [0.15, 0.2) is 0 Å². The molecule has 1 saturated carbocycles. The van der Waals surface area contributed by atoms with E-state index in [0.717, 1.165) is 75.1 Å². The molecular formula is C39H38N2O4S. The number of ether oxygens (including phenoxy) is 1. The number of aromatic nitrogens is 2. The van der Waals surface area contributed by atoms with E-state index in [1.165, 1.54) is 53.0 Å². The lowest BCUT2D eigenvalue weighted by atomic mass is 9.82. The number of carboxylic acid groups (broad SMARTS) is 1. The molecule has 0 atom stereocenters. The predicted molar refractivity (Wildman–Crippen MR) is 187 cm³/mol. The number of hydrogen-bond donors (Lipinski definition) is 2. The number of carboxylic acids is 1. The predicted octanol–water partition coefficient (Wildman–Crippen LogP) is 10.4. The van der Waals surface area contributed by atoms with Crippen LogP contribution in [0, 0.1) is 6.92 Å². The van der Waals surface area contributed by atoms with Crippen molar-refractivity contribution in [2.45, 2.75) is 64.8 Å². The molecule has 3 aromatic carbocycles. The smallest absolute Gasteiger partial charge is 0.345 e. The number of nitrogens with zero attached hydrogens (tertiary/aromatic N) is 2. The Morgan fingerprint density at radius 1 is 0.957 bits per heavy atom. The van der Waals surface area contributed by atoms with E-state index in [1.807, 2.05) is 36.4 Å². The SMILES string of the molecule is CCCn1c(-c2ccc3nc(-c4cc(OC)ccc4-c4ccc(O)cc4)ccc3c2C)c(C2CCCCC2)c2sc(C(=O)O)cc21. The van der Waals surface area contributed by atoms with Crippen molar-refractivity contribution in [3.05, 3.63) is 88.8 Å². The van der Waals surface area contributed by atoms with Gasteiger partial charge in [-0.2, -0.15) is 0 Å². The highest BCUT2D eigenvalue weighted by molar-refractivity contribution is 7.21. The van der Waals surface area contributed by atoms with Crippen LogP contribution < -0.4 is 4.74 Å². The van der Waals surface area contributed by atoms with E-state index in [9.17, 15) is 15.0 Å². The fourth-order valence-corrected chi connectivity index (χ4v) is 8.41. The molecule has 46 heavy (non-hydrogen) atoms. The summed E-state index contributed by atoms with van der Waals surface area (Å²) in [5, 5.41) is 20.8. The Morgan fingerprint density at radius 3 is 2.43 bits per heavy atom. The molecule has 1 fully saturated rings. The summed E-state index contributed by atoms with van der Waals surface area (Å²) in [6, 6.07) is 23.7. The van der Waals surface area contributed by atoms with Gasteiger partial charge in [0.25, 0.3) is 0 Å². The van der Waals surface area contributed by atoms with Gasteiger partial charge in [0.05, 0.1) is 34.2 Å². The second-order valence-corrected chi connectivity index (χ2v) is 13.4. The number of aromatic carboxylic acids is 1. The van der Waals surface area contributed by atoms with Crippen LogP contribution in [0.15, 0.2) is 72.8 Å². The Bertz CT molecular complexity index is 2080. The molecule has 3 heterocycles. The minimum Gasteiger partial charge on any atom is -0.508 e. The van der Waals surface area contributed by atoms with E-state index in [0.29, 0.717) is 10.8 Å². The van der Waals surface area contributed by atoms with Crippen LogP contribution in [0.1, 0.15) is 72.2 Å². The van der Waals surface area contributed by atoms with E-state index in [2.05, 4.69) is 42.7 Å². The van der Waals surface area contributed by atoms with E-state index in [-0.39, 0.29) is 5.75 Å². The molecule has 0 amide bonds. The standard InChI is InChI=1S/C39H38N2O4S/c1-4-20-41-34-22-35(39(43)44)46-38(34)36(25-8-6-5-7-9-25)37(41)29-17-19-32-28(23(29)2)16-18-33(40-32)31-21-27(45-3)14-15-30(31)24-10-12-26(42)13-11-24/h10-19,21-22,25,42H,4-9,20H2,1-3H3,(H,43,44). The minimum atomic E-state index is -0.853. The number of thiophene rings is 1. The molecule has 0 spiro atoms. The monoisotopic (exact) mass is 630 g/mol. The molecule has 7 rings (SSSR count). The van der Waals surface area contributed by atoms with Crippen LogP contribution in [-0.4, -0.2) is 32.8 Å². The molecule has 234 valence electrons. The van der Waals surface area contributed by atoms with Crippen LogP contribution >= 0.6 is 11.3 Å². The number of carbonyl (C=O) groups is 1. The maximum Gasteiger partial charge on any atom is 0.345 e. The second-order valence-electron chi connectivity index (χ2n) is 12.3. The zero-order valence-corrected chi connectivity index (χ0v) is 27.3. The van der Waals surface area contributed by atoms with Crippen LogP contribution in [0.4, 0.5) is 0 Å². The molecule has 0 aliphatic heterocycles. The van der Waals surface area contributed by atoms with Crippen molar-refractivity contribution >= 4 is 38.4 Å². The van der Waals surface area contributed by atoms with Gasteiger partial charge in [-0.3, -0.25) is 0 Å². The van der Waals surface area contributed by atoms with E-state index in [4.69, 9.17) is 9.72 Å². The van der Waals surface area contributed by atoms with Crippen molar-refractivity contribution < 1.29 is 19.7 Å². The van der Waals surface area contributed by atoms with Crippen molar-refractivity contribution in [1.82, 2.24) is 9.55 Å². The average Bonchev–Trinajstić information content (AvgIpc) is 3.64. The first-order chi connectivity index (χ1) is 22.4. The number of methoxy groups -OCH3 is 1. The molecule has 0 unspecified atom stereocenters. The third kappa shape index (κ3) is 5.22. The lowest BCUT2D eigenvalue weighted by Crippen LogP contribution is -2.08. The van der Waals surface area contributed by atoms with E-state index >= 15 is 0 Å². The molecule has 0 saturated heterocycles. The third-order valence-corrected chi connectivity index (χ3v) is 10.7. The van der Waals surface area contributed by atoms with Gasteiger partial charge in [0.1, 0.15) is 16.4 Å². The van der Waals surface area contributed by atoms with Crippen molar-refractivity contribution in [3.63, 3.8) is 0 Å². The lowest BCUT2D eigenvalue weighted by Gasteiger charge is -2.24. The van der Waals surface area contributed by atoms with Gasteiger partial charge in [-0.05, 0) is 96.8 Å². The maximum absolute atomic E-state index is 12.0. The number of benzene rings is 3. The summed E-state index contributed by atoms with van der Waals surface area (Å²) < 4.78 is 9.11. The number of aryl methyl sites for hydroxylation is 2. The molecule has 2 N–H and O–H groups in total. The van der Waals surface area contributed by atoms with Gasteiger partial charge < -0.3 is 19.5 Å². The second kappa shape index (κ2) is 12.3. The summed E-state index contributed by atoms with van der Waals surface area (Å²) in [6.07, 6.45) is 6.92. The molecule has 6 nitrogen and oxygen atoms in total. The van der Waals surface area contributed by atoms with Gasteiger partial charge in [-0.15, -0.1) is 11.3 Å². The first-order valence-corrected chi connectivity index (χ1v) is 17.0. The number of hydrogen-bond acceptors (Lipinski definition) is 5. The molecule has 7 heteroatoms. The Kier molecular flexibility index (Phi) is 8.03. The van der Waals surface area contributed by atoms with Crippen molar-refractivity contribution in [1.29, 1.82) is 0 Å². The van der Waals surface area contributed by atoms with Crippen LogP contribution in [0.2, 0.25) is 0 Å². The van der Waals surface area contributed by atoms with Crippen molar-refractivity contribution in [3.8, 4) is 45.1 Å². The molecule has 1 aliphatic rings. The molecule has 0 bridgehead atoms. The summed E-state index contributed by atoms with van der Waals surface area (Å²) in [7, 11) is 1.67. The average molecular weight is 631 g/mol. The highest BCUT2D eigenvalue weighted by Crippen LogP contribution is 2.48. The topological polar surface area (TPSA) is 84.6 Å². The third-order valence-electron chi connectivity index (χ3n) is 9.52. The summed E-state index contributed by atoms with van der Waals surface area (Å²) >= 11 is 1.44. The van der Waals surface area contributed by atoms with Crippen LogP contribution in [0.5, 0.6) is 11.5 Å². The van der Waals surface area contributed by atoms with Gasteiger partial charge in [-0.1, -0.05) is 56.5 Å². The lowest BCUT2D eigenvalue weighted by molar-refractivity contribution is 0.0702. The summed E-state index contributed by atoms with van der Waals surface area (Å²) in [4.78, 5) is 17.6. The van der Waals surface area contributed by atoms with Crippen LogP contribution in [-0.2, 0) is 6.54 Å². The summed E-state index contributed by atoms with van der Waals surface area (Å²) in [5.41, 5.74) is 10.7. The minimum absolute atomic E-state index is 0.229. The Hall–Kier alpha value is -4.62. The van der Waals surface area contributed by atoms with Gasteiger partial charge in [-0.25, -0.2) is 9.78 Å². The van der Waals surface area contributed by atoms with Crippen LogP contribution in [0.3, 0.4) is 0 Å². The normalized spacial score (nSPS) is 13.9. The first-order valence-electron chi connectivity index (χ1n) is 16.2. The number of rotatable bonds is 8. The van der Waals surface area contributed by atoms with Gasteiger partial charge >= 0.3 is 5.97 Å². The van der Waals surface area contributed by atoms with Crippen molar-refractivity contribution in [2.24, 2.45) is 0 Å². The zero-order chi connectivity index (χ0) is 31.9. The van der Waals surface area contributed by atoms with E-state index in [1.54, 1.807) is 19.2 Å². The molecule has 3 aromatic heterocycles. The number of pyridine rings is 1. The number of phenolic OH excluding ortho intramolecular Hbond substituents is 1.